The molecule has 1 fully saturated rings. The Morgan fingerprint density at radius 3 is 2.78 bits per heavy atom. The summed E-state index contributed by atoms with van der Waals surface area (Å²) in [6, 6.07) is 0. The van der Waals surface area contributed by atoms with Gasteiger partial charge in [0, 0.05) is 19.8 Å². The second-order valence-corrected chi connectivity index (χ2v) is 7.42. The predicted molar refractivity (Wildman–Crippen MR) is 72.9 cm³/mol. The lowest BCUT2D eigenvalue weighted by Crippen LogP contribution is -2.31. The normalized spacial score (nSPS) is 18.1. The molecule has 0 aromatic carbocycles. The van der Waals surface area contributed by atoms with Gasteiger partial charge in [-0.15, -0.1) is 0 Å². The average Bonchev–Trinajstić information content (AvgIpc) is 2.68. The summed E-state index contributed by atoms with van der Waals surface area (Å²) < 4.78 is 28.2. The maximum Gasteiger partial charge on any atom is 0.245 e. The Kier molecular flexibility index (Phi) is 4.18. The van der Waals surface area contributed by atoms with E-state index in [2.05, 4.69) is 9.82 Å². The number of aromatic nitrogens is 2. The molecule has 0 amide bonds. The number of hydrogen-bond donors (Lipinski definition) is 2. The Hall–Kier alpha value is -0.730. The predicted octanol–water partition coefficient (Wildman–Crippen LogP) is 0.424. The van der Waals surface area contributed by atoms with Crippen LogP contribution in [0.2, 0.25) is 0 Å². The third kappa shape index (κ3) is 3.18. The van der Waals surface area contributed by atoms with Crippen LogP contribution in [0.15, 0.2) is 11.1 Å². The molecule has 0 bridgehead atoms. The Morgan fingerprint density at radius 1 is 1.56 bits per heavy atom. The van der Waals surface area contributed by atoms with Crippen molar-refractivity contribution in [1.82, 2.24) is 14.5 Å². The summed E-state index contributed by atoms with van der Waals surface area (Å²) >= 11 is 1.92. The van der Waals surface area contributed by atoms with Crippen molar-refractivity contribution in [1.29, 1.82) is 0 Å². The van der Waals surface area contributed by atoms with E-state index in [1.54, 1.807) is 7.05 Å². The van der Waals surface area contributed by atoms with Gasteiger partial charge in [0.1, 0.15) is 4.90 Å². The van der Waals surface area contributed by atoms with E-state index < -0.39 is 10.0 Å². The molecule has 102 valence electrons. The number of anilines is 1. The number of rotatable bonds is 4. The Labute approximate surface area is 111 Å². The smallest absolute Gasteiger partial charge is 0.245 e. The van der Waals surface area contributed by atoms with Crippen LogP contribution in [0.4, 0.5) is 5.82 Å². The maximum absolute atomic E-state index is 12.1. The second kappa shape index (κ2) is 5.50. The van der Waals surface area contributed by atoms with Crippen molar-refractivity contribution in [2.45, 2.75) is 17.7 Å². The fraction of sp³-hybridized carbons (Fsp3) is 0.700. The lowest BCUT2D eigenvalue weighted by atomic mass is 10.0. The van der Waals surface area contributed by atoms with E-state index in [4.69, 9.17) is 5.73 Å². The third-order valence-corrected chi connectivity index (χ3v) is 5.50. The molecule has 2 rings (SSSR count). The molecule has 0 spiro atoms. The van der Waals surface area contributed by atoms with Crippen LogP contribution in [-0.2, 0) is 17.1 Å². The molecule has 1 aliphatic rings. The fourth-order valence-electron chi connectivity index (χ4n) is 1.95. The zero-order valence-electron chi connectivity index (χ0n) is 10.3. The quantitative estimate of drug-likeness (QED) is 0.839. The number of thioether (sulfide) groups is 1. The van der Waals surface area contributed by atoms with Crippen molar-refractivity contribution in [2.75, 3.05) is 23.8 Å². The van der Waals surface area contributed by atoms with E-state index in [-0.39, 0.29) is 10.7 Å². The molecular weight excluding hydrogens is 272 g/mol. The molecule has 1 saturated heterocycles. The van der Waals surface area contributed by atoms with Crippen LogP contribution in [0.3, 0.4) is 0 Å². The first-order chi connectivity index (χ1) is 8.49. The van der Waals surface area contributed by atoms with Crippen molar-refractivity contribution < 1.29 is 8.42 Å². The minimum absolute atomic E-state index is 0.0456. The average molecular weight is 290 g/mol. The fourth-order valence-corrected chi connectivity index (χ4v) is 4.37. The summed E-state index contributed by atoms with van der Waals surface area (Å²) in [5.74, 6) is 2.70. The molecule has 18 heavy (non-hydrogen) atoms. The van der Waals surface area contributed by atoms with Crippen molar-refractivity contribution in [3.8, 4) is 0 Å². The Morgan fingerprint density at radius 2 is 2.22 bits per heavy atom. The maximum atomic E-state index is 12.1. The van der Waals surface area contributed by atoms with E-state index in [9.17, 15) is 8.42 Å². The molecule has 1 aromatic heterocycles. The summed E-state index contributed by atoms with van der Waals surface area (Å²) in [6.07, 6.45) is 3.56. The van der Waals surface area contributed by atoms with Gasteiger partial charge >= 0.3 is 0 Å². The lowest BCUT2D eigenvalue weighted by molar-refractivity contribution is 0.477. The SMILES string of the molecule is Cn1cc(S(=O)(=O)NCC2CCSCC2)c(N)n1. The first-order valence-corrected chi connectivity index (χ1v) is 8.49. The molecule has 0 saturated carbocycles. The largest absolute Gasteiger partial charge is 0.381 e. The van der Waals surface area contributed by atoms with E-state index in [1.807, 2.05) is 11.8 Å². The molecule has 2 heterocycles. The van der Waals surface area contributed by atoms with E-state index in [0.29, 0.717) is 12.5 Å². The molecule has 8 heteroatoms. The van der Waals surface area contributed by atoms with E-state index in [1.165, 1.54) is 10.9 Å². The van der Waals surface area contributed by atoms with Gasteiger partial charge < -0.3 is 5.73 Å². The highest BCUT2D eigenvalue weighted by Crippen LogP contribution is 2.23. The van der Waals surface area contributed by atoms with Crippen LogP contribution in [0.1, 0.15) is 12.8 Å². The zero-order chi connectivity index (χ0) is 13.2. The van der Waals surface area contributed by atoms with Gasteiger partial charge in [-0.05, 0) is 30.3 Å². The standard InChI is InChI=1S/C10H18N4O2S2/c1-14-7-9(10(11)13-14)18(15,16)12-6-8-2-4-17-5-3-8/h7-8,12H,2-6H2,1H3,(H2,11,13). The molecule has 0 atom stereocenters. The molecular formula is C10H18N4O2S2. The van der Waals surface area contributed by atoms with Gasteiger partial charge in [0.05, 0.1) is 0 Å². The number of nitrogens with one attached hydrogen (secondary N) is 1. The minimum Gasteiger partial charge on any atom is -0.381 e. The highest BCUT2D eigenvalue weighted by atomic mass is 32.2. The summed E-state index contributed by atoms with van der Waals surface area (Å²) in [5.41, 5.74) is 5.58. The summed E-state index contributed by atoms with van der Waals surface area (Å²) in [4.78, 5) is 0.0650. The molecule has 0 aliphatic carbocycles. The molecule has 0 radical (unpaired) electrons. The first-order valence-electron chi connectivity index (χ1n) is 5.85. The Bertz CT molecular complexity index is 506. The number of nitrogens with zero attached hydrogens (tertiary/aromatic N) is 2. The van der Waals surface area contributed by atoms with Crippen molar-refractivity contribution in [3.05, 3.63) is 6.20 Å². The van der Waals surface area contributed by atoms with Gasteiger partial charge in [-0.1, -0.05) is 0 Å². The van der Waals surface area contributed by atoms with Gasteiger partial charge in [0.25, 0.3) is 0 Å². The monoisotopic (exact) mass is 290 g/mol. The van der Waals surface area contributed by atoms with Gasteiger partial charge in [-0.2, -0.15) is 16.9 Å². The zero-order valence-corrected chi connectivity index (χ0v) is 11.9. The van der Waals surface area contributed by atoms with E-state index in [0.717, 1.165) is 24.3 Å². The highest BCUT2D eigenvalue weighted by Gasteiger charge is 2.22. The highest BCUT2D eigenvalue weighted by molar-refractivity contribution is 7.99. The molecule has 3 N–H and O–H groups in total. The lowest BCUT2D eigenvalue weighted by Gasteiger charge is -2.21. The van der Waals surface area contributed by atoms with Crippen molar-refractivity contribution in [3.63, 3.8) is 0 Å². The van der Waals surface area contributed by atoms with Crippen molar-refractivity contribution >= 4 is 27.6 Å². The van der Waals surface area contributed by atoms with Crippen LogP contribution in [0.25, 0.3) is 0 Å². The molecule has 6 nitrogen and oxygen atoms in total. The number of aryl methyl sites for hydroxylation is 1. The Balaban J connectivity index is 2.01. The number of sulfonamides is 1. The first kappa shape index (κ1) is 13.7. The van der Waals surface area contributed by atoms with Gasteiger partial charge in [0.2, 0.25) is 10.0 Å². The van der Waals surface area contributed by atoms with Crippen LogP contribution in [0, 0.1) is 5.92 Å². The molecule has 1 aliphatic heterocycles. The molecule has 0 unspecified atom stereocenters. The van der Waals surface area contributed by atoms with Crippen LogP contribution in [0.5, 0.6) is 0 Å². The van der Waals surface area contributed by atoms with Crippen LogP contribution in [-0.4, -0.2) is 36.2 Å². The van der Waals surface area contributed by atoms with Crippen molar-refractivity contribution in [2.24, 2.45) is 13.0 Å². The van der Waals surface area contributed by atoms with Crippen LogP contribution >= 0.6 is 11.8 Å². The van der Waals surface area contributed by atoms with Gasteiger partial charge in [0.15, 0.2) is 5.82 Å². The van der Waals surface area contributed by atoms with Gasteiger partial charge in [-0.3, -0.25) is 4.68 Å². The summed E-state index contributed by atoms with van der Waals surface area (Å²) in [6.45, 7) is 0.483. The summed E-state index contributed by atoms with van der Waals surface area (Å²) in [5, 5.41) is 3.84. The molecule has 1 aromatic rings. The topological polar surface area (TPSA) is 90.0 Å². The number of nitrogens with two attached hydrogens (primary N) is 1. The second-order valence-electron chi connectivity index (χ2n) is 4.46. The number of hydrogen-bond acceptors (Lipinski definition) is 5. The number of nitrogen functional groups attached to an aromatic ring is 1. The van der Waals surface area contributed by atoms with E-state index >= 15 is 0 Å². The van der Waals surface area contributed by atoms with Crippen LogP contribution < -0.4 is 10.5 Å². The summed E-state index contributed by atoms with van der Waals surface area (Å²) in [7, 11) is -1.89. The minimum atomic E-state index is -3.53. The van der Waals surface area contributed by atoms with Gasteiger partial charge in [-0.25, -0.2) is 13.1 Å². The third-order valence-electron chi connectivity index (χ3n) is 3.01.